The van der Waals surface area contributed by atoms with Crippen molar-refractivity contribution < 1.29 is 23.9 Å². The minimum absolute atomic E-state index is 0.203. The van der Waals surface area contributed by atoms with Gasteiger partial charge < -0.3 is 14.8 Å². The van der Waals surface area contributed by atoms with E-state index in [2.05, 4.69) is 21.2 Å². The number of thioether (sulfide) groups is 1. The molecule has 10 heteroatoms. The third kappa shape index (κ3) is 4.97. The van der Waals surface area contributed by atoms with Gasteiger partial charge in [0.2, 0.25) is 5.91 Å². The van der Waals surface area contributed by atoms with E-state index >= 15 is 0 Å². The molecule has 1 N–H and O–H groups in total. The lowest BCUT2D eigenvalue weighted by Crippen LogP contribution is -2.36. The Hall–Kier alpha value is -2.49. The minimum atomic E-state index is -0.544. The van der Waals surface area contributed by atoms with Crippen LogP contribution >= 0.6 is 39.3 Å². The monoisotopic (exact) mass is 510 g/mol. The summed E-state index contributed by atoms with van der Waals surface area (Å²) in [7, 11) is 3.02. The maximum atomic E-state index is 12.7. The predicted molar refractivity (Wildman–Crippen MR) is 120 cm³/mol. The minimum Gasteiger partial charge on any atom is -0.493 e. The lowest BCUT2D eigenvalue weighted by atomic mass is 10.2. The zero-order valence-electron chi connectivity index (χ0n) is 15.9. The van der Waals surface area contributed by atoms with Crippen LogP contribution in [-0.4, -0.2) is 42.7 Å². The number of carbonyl (C=O) groups is 3. The van der Waals surface area contributed by atoms with Crippen LogP contribution in [0.4, 0.5) is 10.5 Å². The zero-order valence-corrected chi connectivity index (χ0v) is 19.1. The molecule has 1 aliphatic heterocycles. The number of rotatable bonds is 6. The number of imide groups is 1. The largest absolute Gasteiger partial charge is 0.493 e. The summed E-state index contributed by atoms with van der Waals surface area (Å²) in [4.78, 5) is 38.3. The second-order valence-electron chi connectivity index (χ2n) is 6.06. The van der Waals surface area contributed by atoms with Gasteiger partial charge in [-0.05, 0) is 69.7 Å². The highest BCUT2D eigenvalue weighted by Crippen LogP contribution is 2.38. The molecule has 0 atom stereocenters. The summed E-state index contributed by atoms with van der Waals surface area (Å²) < 4.78 is 11.2. The molecule has 1 saturated heterocycles. The van der Waals surface area contributed by atoms with Crippen LogP contribution in [0.3, 0.4) is 0 Å². The van der Waals surface area contributed by atoms with Crippen LogP contribution in [0.2, 0.25) is 5.02 Å². The number of amides is 3. The van der Waals surface area contributed by atoms with E-state index in [1.54, 1.807) is 42.5 Å². The fourth-order valence-electron chi connectivity index (χ4n) is 2.72. The molecular weight excluding hydrogens is 496 g/mol. The normalized spacial score (nSPS) is 14.9. The van der Waals surface area contributed by atoms with Crippen molar-refractivity contribution in [2.24, 2.45) is 0 Å². The quantitative estimate of drug-likeness (QED) is 0.561. The third-order valence-electron chi connectivity index (χ3n) is 4.04. The molecule has 0 saturated carbocycles. The van der Waals surface area contributed by atoms with Crippen LogP contribution < -0.4 is 14.8 Å². The SMILES string of the molecule is COc1cc(/C=C2/SC(=O)N(CC(=O)Nc3cccc(Cl)c3)C2=O)cc(Br)c1OC. The van der Waals surface area contributed by atoms with Crippen molar-refractivity contribution in [2.75, 3.05) is 26.1 Å². The van der Waals surface area contributed by atoms with Crippen LogP contribution in [0.1, 0.15) is 5.56 Å². The van der Waals surface area contributed by atoms with E-state index in [1.807, 2.05) is 0 Å². The summed E-state index contributed by atoms with van der Waals surface area (Å²) in [6, 6.07) is 10.0. The summed E-state index contributed by atoms with van der Waals surface area (Å²) in [6.07, 6.45) is 1.56. The van der Waals surface area contributed by atoms with Gasteiger partial charge in [-0.2, -0.15) is 0 Å². The molecule has 3 amide bonds. The lowest BCUT2D eigenvalue weighted by molar-refractivity contribution is -0.127. The van der Waals surface area contributed by atoms with Gasteiger partial charge in [0.1, 0.15) is 6.54 Å². The molecule has 2 aromatic carbocycles. The van der Waals surface area contributed by atoms with E-state index in [9.17, 15) is 14.4 Å². The first kappa shape index (κ1) is 22.2. The standard InChI is InChI=1S/C20H16BrClN2O5S/c1-28-15-7-11(6-14(21)18(15)29-2)8-16-19(26)24(20(27)30-16)10-17(25)23-13-5-3-4-12(22)9-13/h3-9H,10H2,1-2H3,(H,23,25)/b16-8+. The summed E-state index contributed by atoms with van der Waals surface area (Å²) >= 11 is 10.0. The molecule has 156 valence electrons. The zero-order chi connectivity index (χ0) is 21.8. The molecule has 3 rings (SSSR count). The Morgan fingerprint density at radius 2 is 2.00 bits per heavy atom. The van der Waals surface area contributed by atoms with Crippen LogP contribution in [0.25, 0.3) is 6.08 Å². The third-order valence-corrected chi connectivity index (χ3v) is 5.77. The second-order valence-corrected chi connectivity index (χ2v) is 8.35. The summed E-state index contributed by atoms with van der Waals surface area (Å²) in [6.45, 7) is -0.399. The van der Waals surface area contributed by atoms with E-state index in [4.69, 9.17) is 21.1 Å². The van der Waals surface area contributed by atoms with Crippen LogP contribution in [0, 0.1) is 0 Å². The maximum Gasteiger partial charge on any atom is 0.294 e. The Kier molecular flexibility index (Phi) is 7.06. The van der Waals surface area contributed by atoms with Gasteiger partial charge in [0, 0.05) is 10.7 Å². The fourth-order valence-corrected chi connectivity index (χ4v) is 4.37. The molecule has 7 nitrogen and oxygen atoms in total. The van der Waals surface area contributed by atoms with Crippen molar-refractivity contribution in [3.63, 3.8) is 0 Å². The highest BCUT2D eigenvalue weighted by molar-refractivity contribution is 9.10. The summed E-state index contributed by atoms with van der Waals surface area (Å²) in [5.41, 5.74) is 1.11. The Balaban J connectivity index is 1.76. The van der Waals surface area contributed by atoms with Crippen molar-refractivity contribution in [1.29, 1.82) is 0 Å². The molecule has 30 heavy (non-hydrogen) atoms. The van der Waals surface area contributed by atoms with Crippen LogP contribution in [-0.2, 0) is 9.59 Å². The lowest BCUT2D eigenvalue weighted by Gasteiger charge is -2.12. The van der Waals surface area contributed by atoms with E-state index in [1.165, 1.54) is 14.2 Å². The average Bonchev–Trinajstić information content (AvgIpc) is 2.94. The maximum absolute atomic E-state index is 12.7. The Morgan fingerprint density at radius 1 is 1.23 bits per heavy atom. The van der Waals surface area contributed by atoms with Gasteiger partial charge >= 0.3 is 0 Å². The fraction of sp³-hybridized carbons (Fsp3) is 0.150. The Bertz CT molecular complexity index is 1060. The number of methoxy groups -OCH3 is 2. The van der Waals surface area contributed by atoms with E-state index < -0.39 is 23.6 Å². The Morgan fingerprint density at radius 3 is 2.67 bits per heavy atom. The number of halogens is 2. The highest BCUT2D eigenvalue weighted by atomic mass is 79.9. The average molecular weight is 512 g/mol. The number of hydrogen-bond acceptors (Lipinski definition) is 6. The molecule has 1 aliphatic rings. The van der Waals surface area contributed by atoms with Crippen LogP contribution in [0.15, 0.2) is 45.8 Å². The molecular formula is C20H16BrClN2O5S. The molecule has 0 spiro atoms. The molecule has 1 heterocycles. The van der Waals surface area contributed by atoms with Gasteiger partial charge in [-0.3, -0.25) is 19.3 Å². The number of hydrogen-bond donors (Lipinski definition) is 1. The number of anilines is 1. The summed E-state index contributed by atoms with van der Waals surface area (Å²) in [5.74, 6) is -0.0643. The molecule has 2 aromatic rings. The molecule has 0 aromatic heterocycles. The smallest absolute Gasteiger partial charge is 0.294 e. The van der Waals surface area contributed by atoms with Gasteiger partial charge in [-0.1, -0.05) is 17.7 Å². The van der Waals surface area contributed by atoms with Crippen molar-refractivity contribution >= 4 is 68.1 Å². The first-order chi connectivity index (χ1) is 14.3. The second kappa shape index (κ2) is 9.55. The number of nitrogens with zero attached hydrogens (tertiary/aromatic N) is 1. The van der Waals surface area contributed by atoms with Crippen LogP contribution in [0.5, 0.6) is 11.5 Å². The number of ether oxygens (including phenoxy) is 2. The van der Waals surface area contributed by atoms with Crippen molar-refractivity contribution in [3.8, 4) is 11.5 Å². The first-order valence-electron chi connectivity index (χ1n) is 8.54. The van der Waals surface area contributed by atoms with E-state index in [0.717, 1.165) is 16.7 Å². The topological polar surface area (TPSA) is 84.9 Å². The summed E-state index contributed by atoms with van der Waals surface area (Å²) in [5, 5.41) is 2.56. The first-order valence-corrected chi connectivity index (χ1v) is 10.5. The molecule has 0 bridgehead atoms. The van der Waals surface area contributed by atoms with Gasteiger partial charge in [-0.25, -0.2) is 0 Å². The van der Waals surface area contributed by atoms with Gasteiger partial charge in [0.25, 0.3) is 11.1 Å². The molecule has 1 fully saturated rings. The molecule has 0 radical (unpaired) electrons. The number of carbonyl (C=O) groups excluding carboxylic acids is 3. The van der Waals surface area contributed by atoms with E-state index in [-0.39, 0.29) is 4.91 Å². The van der Waals surface area contributed by atoms with Gasteiger partial charge in [0.15, 0.2) is 11.5 Å². The predicted octanol–water partition coefficient (Wildman–Crippen LogP) is 4.79. The highest BCUT2D eigenvalue weighted by Gasteiger charge is 2.36. The molecule has 0 aliphatic carbocycles. The van der Waals surface area contributed by atoms with Crippen molar-refractivity contribution in [3.05, 3.63) is 56.4 Å². The van der Waals surface area contributed by atoms with Crippen molar-refractivity contribution in [1.82, 2.24) is 4.90 Å². The van der Waals surface area contributed by atoms with E-state index in [0.29, 0.717) is 32.2 Å². The van der Waals surface area contributed by atoms with Gasteiger partial charge in [0.05, 0.1) is 23.6 Å². The Labute approximate surface area is 190 Å². The van der Waals surface area contributed by atoms with Crippen molar-refractivity contribution in [2.45, 2.75) is 0 Å². The number of benzene rings is 2. The molecule has 0 unspecified atom stereocenters. The number of nitrogens with one attached hydrogen (secondary N) is 1. The van der Waals surface area contributed by atoms with Gasteiger partial charge in [-0.15, -0.1) is 0 Å².